The Morgan fingerprint density at radius 1 is 1.12 bits per heavy atom. The summed E-state index contributed by atoms with van der Waals surface area (Å²) in [4.78, 5) is 19.7. The van der Waals surface area contributed by atoms with Crippen molar-refractivity contribution in [1.82, 2.24) is 4.98 Å². The highest BCUT2D eigenvalue weighted by molar-refractivity contribution is 5.94. The maximum Gasteiger partial charge on any atom is 0.229 e. The second kappa shape index (κ2) is 6.64. The summed E-state index contributed by atoms with van der Waals surface area (Å²) in [5, 5.41) is 1.13. The highest BCUT2D eigenvalue weighted by atomic mass is 16.5. The number of rotatable bonds is 3. The van der Waals surface area contributed by atoms with Gasteiger partial charge in [0.25, 0.3) is 0 Å². The number of hydrogen-bond acceptors (Lipinski definition) is 4. The zero-order valence-corrected chi connectivity index (χ0v) is 14.5. The molecule has 1 amide bonds. The van der Waals surface area contributed by atoms with E-state index in [0.29, 0.717) is 0 Å². The Bertz CT molecular complexity index is 778. The lowest BCUT2D eigenvalue weighted by Crippen LogP contribution is -2.44. The maximum absolute atomic E-state index is 12.4. The topological polar surface area (TPSA) is 68.5 Å². The molecular weight excluding hydrogens is 314 g/mol. The second-order valence-electron chi connectivity index (χ2n) is 7.15. The van der Waals surface area contributed by atoms with Crippen molar-refractivity contribution in [2.24, 2.45) is 5.73 Å². The van der Waals surface area contributed by atoms with Crippen LogP contribution in [0, 0.1) is 0 Å². The van der Waals surface area contributed by atoms with Crippen molar-refractivity contribution >= 4 is 22.5 Å². The number of nitrogens with two attached hydrogens (primary N) is 1. The number of carbonyl (C=O) groups excluding carboxylic acids is 1. The van der Waals surface area contributed by atoms with Gasteiger partial charge in [-0.2, -0.15) is 0 Å². The average Bonchev–Trinajstić information content (AvgIpc) is 2.68. The molecule has 25 heavy (non-hydrogen) atoms. The normalized spacial score (nSPS) is 20.6. The van der Waals surface area contributed by atoms with Crippen molar-refractivity contribution in [1.29, 1.82) is 0 Å². The molecule has 2 N–H and O–H groups in total. The molecule has 1 saturated carbocycles. The number of anilines is 1. The minimum atomic E-state index is -0.622. The van der Waals surface area contributed by atoms with Gasteiger partial charge in [0.1, 0.15) is 0 Å². The second-order valence-corrected chi connectivity index (χ2v) is 7.15. The predicted molar refractivity (Wildman–Crippen MR) is 98.7 cm³/mol. The van der Waals surface area contributed by atoms with Crippen LogP contribution in [0.25, 0.3) is 10.9 Å². The summed E-state index contributed by atoms with van der Waals surface area (Å²) in [6.45, 7) is 3.17. The molecule has 1 aromatic carbocycles. The van der Waals surface area contributed by atoms with E-state index < -0.39 is 5.41 Å². The Balaban J connectivity index is 1.88. The first kappa shape index (κ1) is 16.3. The largest absolute Gasteiger partial charge is 0.378 e. The molecule has 4 rings (SSSR count). The van der Waals surface area contributed by atoms with Crippen molar-refractivity contribution < 1.29 is 9.53 Å². The molecule has 132 valence electrons. The van der Waals surface area contributed by atoms with Crippen LogP contribution >= 0.6 is 0 Å². The first-order valence-corrected chi connectivity index (χ1v) is 9.24. The van der Waals surface area contributed by atoms with Gasteiger partial charge in [0.05, 0.1) is 29.8 Å². The van der Waals surface area contributed by atoms with E-state index in [1.807, 2.05) is 18.2 Å². The maximum atomic E-state index is 12.4. The smallest absolute Gasteiger partial charge is 0.229 e. The van der Waals surface area contributed by atoms with Crippen LogP contribution < -0.4 is 10.6 Å². The summed E-state index contributed by atoms with van der Waals surface area (Å²) in [5.74, 6) is -0.233. The molecule has 5 nitrogen and oxygen atoms in total. The number of para-hydroxylation sites is 1. The van der Waals surface area contributed by atoms with Crippen molar-refractivity contribution in [3.63, 3.8) is 0 Å². The predicted octanol–water partition coefficient (Wildman–Crippen LogP) is 2.76. The minimum Gasteiger partial charge on any atom is -0.378 e. The van der Waals surface area contributed by atoms with Gasteiger partial charge in [-0.25, -0.2) is 0 Å². The van der Waals surface area contributed by atoms with E-state index in [2.05, 4.69) is 17.0 Å². The highest BCUT2D eigenvalue weighted by Crippen LogP contribution is 2.41. The molecule has 0 spiro atoms. The Kier molecular flexibility index (Phi) is 4.34. The van der Waals surface area contributed by atoms with Crippen LogP contribution in [0.4, 0.5) is 5.69 Å². The molecule has 2 aromatic rings. The number of pyridine rings is 1. The van der Waals surface area contributed by atoms with E-state index >= 15 is 0 Å². The van der Waals surface area contributed by atoms with Crippen molar-refractivity contribution in [3.05, 3.63) is 36.0 Å². The number of hydrogen-bond donors (Lipinski definition) is 1. The molecule has 1 aliphatic heterocycles. The quantitative estimate of drug-likeness (QED) is 0.933. The molecule has 1 aliphatic carbocycles. The van der Waals surface area contributed by atoms with Crippen LogP contribution in [0.2, 0.25) is 0 Å². The Hall–Kier alpha value is -2.14. The summed E-state index contributed by atoms with van der Waals surface area (Å²) in [6, 6.07) is 10.3. The van der Waals surface area contributed by atoms with Crippen LogP contribution in [-0.2, 0) is 14.9 Å². The molecule has 1 saturated heterocycles. The number of ether oxygens (including phenoxy) is 1. The van der Waals surface area contributed by atoms with E-state index in [0.717, 1.165) is 74.3 Å². The number of nitrogens with zero attached hydrogens (tertiary/aromatic N) is 2. The van der Waals surface area contributed by atoms with E-state index in [1.165, 1.54) is 6.42 Å². The summed E-state index contributed by atoms with van der Waals surface area (Å²) < 4.78 is 5.51. The van der Waals surface area contributed by atoms with Gasteiger partial charge >= 0.3 is 0 Å². The number of carbonyl (C=O) groups is 1. The zero-order valence-electron chi connectivity index (χ0n) is 14.5. The fraction of sp³-hybridized carbons (Fsp3) is 0.500. The van der Waals surface area contributed by atoms with Gasteiger partial charge in [-0.05, 0) is 25.0 Å². The number of benzene rings is 1. The summed E-state index contributed by atoms with van der Waals surface area (Å²) >= 11 is 0. The van der Waals surface area contributed by atoms with Crippen LogP contribution in [0.1, 0.15) is 37.8 Å². The summed E-state index contributed by atoms with van der Waals surface area (Å²) in [5.41, 5.74) is 8.21. The van der Waals surface area contributed by atoms with Crippen LogP contribution in [0.5, 0.6) is 0 Å². The third kappa shape index (κ3) is 2.86. The zero-order chi connectivity index (χ0) is 17.3. The van der Waals surface area contributed by atoms with Gasteiger partial charge < -0.3 is 15.4 Å². The Morgan fingerprint density at radius 3 is 2.56 bits per heavy atom. The van der Waals surface area contributed by atoms with Crippen LogP contribution in [0.3, 0.4) is 0 Å². The van der Waals surface area contributed by atoms with Gasteiger partial charge in [-0.3, -0.25) is 9.78 Å². The monoisotopic (exact) mass is 339 g/mol. The number of morpholine rings is 1. The van der Waals surface area contributed by atoms with E-state index in [9.17, 15) is 4.79 Å². The van der Waals surface area contributed by atoms with Crippen LogP contribution in [0.15, 0.2) is 30.3 Å². The van der Waals surface area contributed by atoms with Gasteiger partial charge in [-0.1, -0.05) is 37.5 Å². The molecule has 2 aliphatic rings. The summed E-state index contributed by atoms with van der Waals surface area (Å²) in [7, 11) is 0. The first-order valence-electron chi connectivity index (χ1n) is 9.24. The van der Waals surface area contributed by atoms with Crippen molar-refractivity contribution in [2.45, 2.75) is 37.5 Å². The van der Waals surface area contributed by atoms with Gasteiger partial charge in [0.2, 0.25) is 5.91 Å². The standard InChI is InChI=1S/C20H25N3O2/c21-19(24)20(8-4-1-5-9-20)18-14-17(23-10-12-25-13-11-23)15-6-2-3-7-16(15)22-18/h2-3,6-7,14H,1,4-5,8-13H2,(H2,21,24). The number of amides is 1. The molecule has 0 atom stereocenters. The van der Waals surface area contributed by atoms with Crippen molar-refractivity contribution in [2.75, 3.05) is 31.2 Å². The SMILES string of the molecule is NC(=O)C1(c2cc(N3CCOCC3)c3ccccc3n2)CCCCC1. The number of primary amides is 1. The molecular formula is C20H25N3O2. The third-order valence-corrected chi connectivity index (χ3v) is 5.72. The number of aromatic nitrogens is 1. The van der Waals surface area contributed by atoms with Gasteiger partial charge in [0, 0.05) is 24.2 Å². The molecule has 5 heteroatoms. The molecule has 1 aromatic heterocycles. The van der Waals surface area contributed by atoms with Crippen LogP contribution in [-0.4, -0.2) is 37.2 Å². The van der Waals surface area contributed by atoms with E-state index in [4.69, 9.17) is 15.5 Å². The molecule has 0 bridgehead atoms. The lowest BCUT2D eigenvalue weighted by molar-refractivity contribution is -0.124. The average molecular weight is 339 g/mol. The Morgan fingerprint density at radius 2 is 1.84 bits per heavy atom. The summed E-state index contributed by atoms with van der Waals surface area (Å²) in [6.07, 6.45) is 4.83. The lowest BCUT2D eigenvalue weighted by Gasteiger charge is -2.36. The number of fused-ring (bicyclic) bond motifs is 1. The van der Waals surface area contributed by atoms with Gasteiger partial charge in [-0.15, -0.1) is 0 Å². The fourth-order valence-corrected chi connectivity index (χ4v) is 4.25. The molecule has 0 unspecified atom stereocenters. The lowest BCUT2D eigenvalue weighted by atomic mass is 9.70. The highest BCUT2D eigenvalue weighted by Gasteiger charge is 2.41. The fourth-order valence-electron chi connectivity index (χ4n) is 4.25. The third-order valence-electron chi connectivity index (χ3n) is 5.72. The minimum absolute atomic E-state index is 0.233. The molecule has 2 fully saturated rings. The van der Waals surface area contributed by atoms with Gasteiger partial charge in [0.15, 0.2) is 0 Å². The Labute approximate surface area is 148 Å². The molecule has 2 heterocycles. The van der Waals surface area contributed by atoms with E-state index in [-0.39, 0.29) is 5.91 Å². The molecule has 0 radical (unpaired) electrons. The van der Waals surface area contributed by atoms with E-state index in [1.54, 1.807) is 0 Å². The first-order chi connectivity index (χ1) is 12.2. The van der Waals surface area contributed by atoms with Crippen molar-refractivity contribution in [3.8, 4) is 0 Å².